The van der Waals surface area contributed by atoms with Gasteiger partial charge in [-0.3, -0.25) is 14.9 Å². The molecular formula is C26H21ClN2O7S. The first-order chi connectivity index (χ1) is 17.6. The first kappa shape index (κ1) is 25.9. The van der Waals surface area contributed by atoms with E-state index in [0.717, 1.165) is 10.5 Å². The quantitative estimate of drug-likeness (QED) is 0.266. The number of anilines is 1. The minimum Gasteiger partial charge on any atom is -0.494 e. The Morgan fingerprint density at radius 2 is 1.65 bits per heavy atom. The first-order valence-electron chi connectivity index (χ1n) is 11.0. The predicted octanol–water partition coefficient (Wildman–Crippen LogP) is 4.48. The number of amides is 4. The van der Waals surface area contributed by atoms with Crippen molar-refractivity contribution >= 4 is 51.3 Å². The molecule has 3 aromatic rings. The van der Waals surface area contributed by atoms with E-state index in [1.54, 1.807) is 24.3 Å². The van der Waals surface area contributed by atoms with Gasteiger partial charge in [-0.1, -0.05) is 35.4 Å². The molecule has 11 heteroatoms. The molecule has 1 fully saturated rings. The highest BCUT2D eigenvalue weighted by Crippen LogP contribution is 2.30. The highest BCUT2D eigenvalue weighted by atomic mass is 35.5. The summed E-state index contributed by atoms with van der Waals surface area (Å²) in [7, 11) is -4.13. The number of carbonyl (C=O) groups is 3. The third-order valence-electron chi connectivity index (χ3n) is 5.28. The molecule has 1 saturated heterocycles. The summed E-state index contributed by atoms with van der Waals surface area (Å²) in [4.78, 5) is 38.7. The third kappa shape index (κ3) is 5.65. The Hall–Kier alpha value is -4.15. The monoisotopic (exact) mass is 540 g/mol. The number of barbiturate groups is 1. The number of hydrogen-bond donors (Lipinski definition) is 1. The second-order valence-electron chi connectivity index (χ2n) is 7.93. The summed E-state index contributed by atoms with van der Waals surface area (Å²) in [6.07, 6.45) is 1.25. The van der Waals surface area contributed by atoms with Gasteiger partial charge in [0.05, 0.1) is 17.3 Å². The van der Waals surface area contributed by atoms with E-state index in [2.05, 4.69) is 5.32 Å². The van der Waals surface area contributed by atoms with E-state index in [0.29, 0.717) is 17.9 Å². The molecule has 9 nitrogen and oxygen atoms in total. The molecule has 0 atom stereocenters. The molecule has 3 aromatic carbocycles. The van der Waals surface area contributed by atoms with Crippen LogP contribution in [0.25, 0.3) is 6.08 Å². The summed E-state index contributed by atoms with van der Waals surface area (Å²) in [5.74, 6) is -1.29. The minimum absolute atomic E-state index is 0.0381. The van der Waals surface area contributed by atoms with E-state index in [1.165, 1.54) is 48.5 Å². The average molecular weight is 541 g/mol. The second-order valence-corrected chi connectivity index (χ2v) is 9.88. The van der Waals surface area contributed by atoms with E-state index in [1.807, 2.05) is 13.8 Å². The van der Waals surface area contributed by atoms with Crippen molar-refractivity contribution in [2.24, 2.45) is 0 Å². The molecule has 1 heterocycles. The lowest BCUT2D eigenvalue weighted by Gasteiger charge is -2.26. The molecule has 0 saturated carbocycles. The number of aryl methyl sites for hydroxylation is 1. The lowest BCUT2D eigenvalue weighted by Crippen LogP contribution is -2.54. The van der Waals surface area contributed by atoms with Crippen molar-refractivity contribution in [2.75, 3.05) is 11.5 Å². The molecule has 0 bridgehead atoms. The largest absolute Gasteiger partial charge is 0.494 e. The van der Waals surface area contributed by atoms with Gasteiger partial charge in [0.2, 0.25) is 0 Å². The number of rotatable bonds is 7. The fourth-order valence-corrected chi connectivity index (χ4v) is 4.68. The molecule has 4 amide bonds. The number of hydrogen-bond acceptors (Lipinski definition) is 7. The number of urea groups is 1. The van der Waals surface area contributed by atoms with Crippen LogP contribution in [0.1, 0.15) is 18.1 Å². The standard InChI is InChI=1S/C26H21ClN2O7S/c1-3-35-19-9-7-18(8-10-19)29-25(31)21(24(30)28-26(29)32)14-17-6-13-23(22(27)15-17)36-37(33,34)20-11-4-16(2)5-12-20/h4-15H,3H2,1-2H3,(H,28,30,32)/b21-14+. The number of carbonyl (C=O) groups excluding carboxylic acids is 3. The number of imide groups is 2. The summed E-state index contributed by atoms with van der Waals surface area (Å²) < 4.78 is 35.7. The maximum Gasteiger partial charge on any atom is 0.339 e. The molecule has 190 valence electrons. The number of benzene rings is 3. The van der Waals surface area contributed by atoms with Crippen LogP contribution in [0.15, 0.2) is 77.2 Å². The Bertz CT molecular complexity index is 1520. The summed E-state index contributed by atoms with van der Waals surface area (Å²) in [6, 6.07) is 15.5. The molecule has 0 unspecified atom stereocenters. The number of ether oxygens (including phenoxy) is 1. The van der Waals surface area contributed by atoms with Gasteiger partial charge < -0.3 is 8.92 Å². The highest BCUT2D eigenvalue weighted by molar-refractivity contribution is 7.87. The summed E-state index contributed by atoms with van der Waals surface area (Å²) >= 11 is 6.25. The van der Waals surface area contributed by atoms with Crippen molar-refractivity contribution in [3.8, 4) is 11.5 Å². The van der Waals surface area contributed by atoms with E-state index in [-0.39, 0.29) is 26.9 Å². The lowest BCUT2D eigenvalue weighted by atomic mass is 10.1. The Morgan fingerprint density at radius 3 is 2.27 bits per heavy atom. The van der Waals surface area contributed by atoms with Crippen molar-refractivity contribution in [1.29, 1.82) is 0 Å². The van der Waals surface area contributed by atoms with Gasteiger partial charge in [0, 0.05) is 0 Å². The van der Waals surface area contributed by atoms with Crippen molar-refractivity contribution in [3.63, 3.8) is 0 Å². The number of nitrogens with zero attached hydrogens (tertiary/aromatic N) is 1. The summed E-state index contributed by atoms with van der Waals surface area (Å²) in [6.45, 7) is 4.10. The van der Waals surface area contributed by atoms with Gasteiger partial charge in [0.25, 0.3) is 11.8 Å². The van der Waals surface area contributed by atoms with Gasteiger partial charge in [-0.2, -0.15) is 8.42 Å². The third-order valence-corrected chi connectivity index (χ3v) is 6.83. The van der Waals surface area contributed by atoms with Crippen LogP contribution in [0.3, 0.4) is 0 Å². The number of nitrogens with one attached hydrogen (secondary N) is 1. The van der Waals surface area contributed by atoms with Gasteiger partial charge in [-0.15, -0.1) is 0 Å². The zero-order chi connectivity index (χ0) is 26.7. The van der Waals surface area contributed by atoms with Gasteiger partial charge in [0.1, 0.15) is 16.2 Å². The maximum atomic E-state index is 13.1. The van der Waals surface area contributed by atoms with Gasteiger partial charge in [-0.25, -0.2) is 9.69 Å². The lowest BCUT2D eigenvalue weighted by molar-refractivity contribution is -0.122. The molecule has 4 rings (SSSR count). The molecular weight excluding hydrogens is 520 g/mol. The second kappa shape index (κ2) is 10.5. The molecule has 37 heavy (non-hydrogen) atoms. The smallest absolute Gasteiger partial charge is 0.339 e. The Morgan fingerprint density at radius 1 is 0.973 bits per heavy atom. The fourth-order valence-electron chi connectivity index (χ4n) is 3.46. The minimum atomic E-state index is -4.13. The van der Waals surface area contributed by atoms with Gasteiger partial charge in [0.15, 0.2) is 5.75 Å². The average Bonchev–Trinajstić information content (AvgIpc) is 2.85. The van der Waals surface area contributed by atoms with Crippen LogP contribution in [0.5, 0.6) is 11.5 Å². The maximum absolute atomic E-state index is 13.1. The van der Waals surface area contributed by atoms with E-state index < -0.39 is 28.0 Å². The van der Waals surface area contributed by atoms with Crippen molar-refractivity contribution in [2.45, 2.75) is 18.7 Å². The molecule has 0 radical (unpaired) electrons. The molecule has 0 aromatic heterocycles. The normalized spacial score (nSPS) is 15.1. The zero-order valence-electron chi connectivity index (χ0n) is 19.7. The van der Waals surface area contributed by atoms with Crippen molar-refractivity contribution < 1.29 is 31.7 Å². The van der Waals surface area contributed by atoms with E-state index in [4.69, 9.17) is 20.5 Å². The zero-order valence-corrected chi connectivity index (χ0v) is 21.3. The highest BCUT2D eigenvalue weighted by Gasteiger charge is 2.36. The van der Waals surface area contributed by atoms with Crippen LogP contribution in [0.4, 0.5) is 10.5 Å². The number of halogens is 1. The Balaban J connectivity index is 1.59. The molecule has 1 aliphatic heterocycles. The summed E-state index contributed by atoms with van der Waals surface area (Å²) in [5, 5.41) is 2.08. The van der Waals surface area contributed by atoms with Crippen LogP contribution in [0, 0.1) is 6.92 Å². The molecule has 1 N–H and O–H groups in total. The molecule has 1 aliphatic rings. The molecule has 0 aliphatic carbocycles. The topological polar surface area (TPSA) is 119 Å². The Kier molecular flexibility index (Phi) is 7.33. The van der Waals surface area contributed by atoms with Crippen molar-refractivity contribution in [1.82, 2.24) is 5.32 Å². The van der Waals surface area contributed by atoms with E-state index in [9.17, 15) is 22.8 Å². The van der Waals surface area contributed by atoms with Gasteiger partial charge >= 0.3 is 16.1 Å². The Labute approximate surface area is 218 Å². The summed E-state index contributed by atoms with van der Waals surface area (Å²) in [5.41, 5.74) is 1.13. The fraction of sp³-hybridized carbons (Fsp3) is 0.115. The van der Waals surface area contributed by atoms with Crippen molar-refractivity contribution in [3.05, 3.63) is 88.5 Å². The van der Waals surface area contributed by atoms with Crippen LogP contribution in [-0.4, -0.2) is 32.9 Å². The predicted molar refractivity (Wildman–Crippen MR) is 137 cm³/mol. The molecule has 0 spiro atoms. The first-order valence-corrected chi connectivity index (χ1v) is 12.8. The van der Waals surface area contributed by atoms with Crippen LogP contribution in [0.2, 0.25) is 5.02 Å². The van der Waals surface area contributed by atoms with Crippen LogP contribution < -0.4 is 19.1 Å². The SMILES string of the molecule is CCOc1ccc(N2C(=O)NC(=O)/C(=C\c3ccc(OS(=O)(=O)c4ccc(C)cc4)c(Cl)c3)C2=O)cc1. The van der Waals surface area contributed by atoms with Crippen LogP contribution in [-0.2, 0) is 19.7 Å². The van der Waals surface area contributed by atoms with Gasteiger partial charge in [-0.05, 0) is 74.0 Å². The van der Waals surface area contributed by atoms with E-state index >= 15 is 0 Å². The van der Waals surface area contributed by atoms with Crippen LogP contribution >= 0.6 is 11.6 Å².